The number of amides is 1. The minimum atomic E-state index is -0.522. The Kier molecular flexibility index (Phi) is 7.05. The summed E-state index contributed by atoms with van der Waals surface area (Å²) in [7, 11) is 0. The Morgan fingerprint density at radius 3 is 2.74 bits per heavy atom. The third-order valence-electron chi connectivity index (χ3n) is 4.94. The minimum Gasteiger partial charge on any atom is -0.444 e. The largest absolute Gasteiger partial charge is 0.444 e. The SMILES string of the molecule is Cc1cc(-c2ncnn3cc(CCCCC=O)cc23)ccc1CNC(=O)OC(C)(C)C. The lowest BCUT2D eigenvalue weighted by Crippen LogP contribution is -2.32. The molecule has 0 spiro atoms. The average Bonchev–Trinajstić information content (AvgIpc) is 3.12. The molecule has 164 valence electrons. The molecule has 0 unspecified atom stereocenters. The van der Waals surface area contributed by atoms with Gasteiger partial charge in [0.25, 0.3) is 0 Å². The maximum absolute atomic E-state index is 11.9. The van der Waals surface area contributed by atoms with Crippen LogP contribution in [0.25, 0.3) is 16.8 Å². The summed E-state index contributed by atoms with van der Waals surface area (Å²) in [5.74, 6) is 0. The summed E-state index contributed by atoms with van der Waals surface area (Å²) in [6.45, 7) is 7.94. The first kappa shape index (κ1) is 22.5. The zero-order valence-corrected chi connectivity index (χ0v) is 18.6. The summed E-state index contributed by atoms with van der Waals surface area (Å²) in [4.78, 5) is 26.9. The molecule has 0 aliphatic heterocycles. The zero-order chi connectivity index (χ0) is 22.4. The Bertz CT molecular complexity index is 1070. The topological polar surface area (TPSA) is 85.6 Å². The summed E-state index contributed by atoms with van der Waals surface area (Å²) in [6.07, 6.45) is 7.50. The first-order chi connectivity index (χ1) is 14.8. The monoisotopic (exact) mass is 422 g/mol. The molecular weight excluding hydrogens is 392 g/mol. The molecule has 0 saturated heterocycles. The number of hydrogen-bond donors (Lipinski definition) is 1. The van der Waals surface area contributed by atoms with Crippen molar-refractivity contribution in [2.75, 3.05) is 0 Å². The molecule has 7 heteroatoms. The Balaban J connectivity index is 1.75. The lowest BCUT2D eigenvalue weighted by atomic mass is 10.0. The normalized spacial score (nSPS) is 11.5. The van der Waals surface area contributed by atoms with Crippen LogP contribution in [0.5, 0.6) is 0 Å². The number of aromatic nitrogens is 3. The molecule has 0 aliphatic carbocycles. The van der Waals surface area contributed by atoms with Gasteiger partial charge in [-0.2, -0.15) is 5.10 Å². The molecule has 0 radical (unpaired) electrons. The fraction of sp³-hybridized carbons (Fsp3) is 0.417. The fourth-order valence-corrected chi connectivity index (χ4v) is 3.42. The number of benzene rings is 1. The number of fused-ring (bicyclic) bond motifs is 1. The van der Waals surface area contributed by atoms with Crippen LogP contribution >= 0.6 is 0 Å². The van der Waals surface area contributed by atoms with Gasteiger partial charge in [0.2, 0.25) is 0 Å². The summed E-state index contributed by atoms with van der Waals surface area (Å²) >= 11 is 0. The summed E-state index contributed by atoms with van der Waals surface area (Å²) in [5, 5.41) is 7.14. The van der Waals surface area contributed by atoms with Crippen molar-refractivity contribution in [3.8, 4) is 11.3 Å². The highest BCUT2D eigenvalue weighted by Crippen LogP contribution is 2.26. The molecular formula is C24H30N4O3. The van der Waals surface area contributed by atoms with Gasteiger partial charge in [0.05, 0.1) is 11.2 Å². The van der Waals surface area contributed by atoms with Gasteiger partial charge in [-0.15, -0.1) is 0 Å². The van der Waals surface area contributed by atoms with Crippen molar-refractivity contribution in [2.24, 2.45) is 0 Å². The highest BCUT2D eigenvalue weighted by molar-refractivity contribution is 5.77. The Morgan fingerprint density at radius 1 is 1.23 bits per heavy atom. The Hall–Kier alpha value is -3.22. The number of carbonyl (C=O) groups is 2. The number of alkyl carbamates (subject to hydrolysis) is 1. The van der Waals surface area contributed by atoms with E-state index in [2.05, 4.69) is 27.5 Å². The number of rotatable bonds is 8. The van der Waals surface area contributed by atoms with Gasteiger partial charge in [-0.25, -0.2) is 14.3 Å². The minimum absolute atomic E-state index is 0.399. The number of nitrogens with zero attached hydrogens (tertiary/aromatic N) is 3. The van der Waals surface area contributed by atoms with Crippen LogP contribution < -0.4 is 5.32 Å². The molecule has 31 heavy (non-hydrogen) atoms. The fourth-order valence-electron chi connectivity index (χ4n) is 3.42. The van der Waals surface area contributed by atoms with Crippen LogP contribution in [-0.4, -0.2) is 32.6 Å². The molecule has 3 rings (SSSR count). The van der Waals surface area contributed by atoms with E-state index in [0.29, 0.717) is 13.0 Å². The van der Waals surface area contributed by atoms with E-state index in [1.54, 1.807) is 6.33 Å². The maximum Gasteiger partial charge on any atom is 0.407 e. The van der Waals surface area contributed by atoms with E-state index < -0.39 is 11.7 Å². The molecule has 2 heterocycles. The number of aryl methyl sites for hydroxylation is 2. The highest BCUT2D eigenvalue weighted by atomic mass is 16.6. The first-order valence-corrected chi connectivity index (χ1v) is 10.6. The van der Waals surface area contributed by atoms with Crippen molar-refractivity contribution in [1.29, 1.82) is 0 Å². The second-order valence-corrected chi connectivity index (χ2v) is 8.70. The molecule has 3 aromatic rings. The molecule has 1 amide bonds. The third-order valence-corrected chi connectivity index (χ3v) is 4.94. The number of aldehydes is 1. The highest BCUT2D eigenvalue weighted by Gasteiger charge is 2.16. The van der Waals surface area contributed by atoms with Gasteiger partial charge < -0.3 is 14.8 Å². The van der Waals surface area contributed by atoms with E-state index in [4.69, 9.17) is 4.74 Å². The average molecular weight is 423 g/mol. The van der Waals surface area contributed by atoms with E-state index in [1.165, 1.54) is 5.56 Å². The van der Waals surface area contributed by atoms with Crippen molar-refractivity contribution in [3.05, 3.63) is 53.5 Å². The first-order valence-electron chi connectivity index (χ1n) is 10.6. The van der Waals surface area contributed by atoms with Crippen molar-refractivity contribution >= 4 is 17.9 Å². The number of unbranched alkanes of at least 4 members (excludes halogenated alkanes) is 2. The number of ether oxygens (including phenoxy) is 1. The Labute approximate surface area is 182 Å². The van der Waals surface area contributed by atoms with Crippen LogP contribution in [0.1, 0.15) is 56.7 Å². The van der Waals surface area contributed by atoms with Gasteiger partial charge in [-0.05, 0) is 75.8 Å². The standard InChI is InChI=1S/C24H30N4O3/c1-17-12-19(9-10-20(17)14-25-23(30)31-24(2,3)4)22-21-13-18(8-6-5-7-11-29)15-28(21)27-16-26-22/h9-13,15-16H,5-8,14H2,1-4H3,(H,25,30). The van der Waals surface area contributed by atoms with Crippen molar-refractivity contribution in [3.63, 3.8) is 0 Å². The molecule has 1 N–H and O–H groups in total. The van der Waals surface area contributed by atoms with E-state index >= 15 is 0 Å². The van der Waals surface area contributed by atoms with Gasteiger partial charge in [0.15, 0.2) is 0 Å². The van der Waals surface area contributed by atoms with E-state index in [9.17, 15) is 9.59 Å². The van der Waals surface area contributed by atoms with Crippen molar-refractivity contribution in [2.45, 2.75) is 65.5 Å². The summed E-state index contributed by atoms with van der Waals surface area (Å²) < 4.78 is 7.15. The predicted octanol–water partition coefficient (Wildman–Crippen LogP) is 4.64. The summed E-state index contributed by atoms with van der Waals surface area (Å²) in [6, 6.07) is 8.21. The smallest absolute Gasteiger partial charge is 0.407 e. The second-order valence-electron chi connectivity index (χ2n) is 8.70. The van der Waals surface area contributed by atoms with Gasteiger partial charge in [0, 0.05) is 24.7 Å². The molecule has 0 fully saturated rings. The maximum atomic E-state index is 11.9. The molecule has 0 aliphatic rings. The molecule has 0 saturated carbocycles. The van der Waals surface area contributed by atoms with Gasteiger partial charge >= 0.3 is 6.09 Å². The molecule has 1 aromatic carbocycles. The van der Waals surface area contributed by atoms with Crippen LogP contribution in [0.3, 0.4) is 0 Å². The van der Waals surface area contributed by atoms with Gasteiger partial charge in [0.1, 0.15) is 18.2 Å². The zero-order valence-electron chi connectivity index (χ0n) is 18.6. The lowest BCUT2D eigenvalue weighted by Gasteiger charge is -2.20. The number of carbonyl (C=O) groups excluding carboxylic acids is 2. The number of nitrogens with one attached hydrogen (secondary N) is 1. The summed E-state index contributed by atoms with van der Waals surface area (Å²) in [5.41, 5.74) is 5.55. The van der Waals surface area contributed by atoms with Crippen molar-refractivity contribution < 1.29 is 14.3 Å². The molecule has 0 bridgehead atoms. The molecule has 2 aromatic heterocycles. The van der Waals surface area contributed by atoms with Crippen LogP contribution in [0.2, 0.25) is 0 Å². The van der Waals surface area contributed by atoms with E-state index in [1.807, 2.05) is 50.5 Å². The van der Waals surface area contributed by atoms with Crippen LogP contribution in [0, 0.1) is 6.92 Å². The van der Waals surface area contributed by atoms with Crippen molar-refractivity contribution in [1.82, 2.24) is 19.9 Å². The number of hydrogen-bond acceptors (Lipinski definition) is 5. The predicted molar refractivity (Wildman–Crippen MR) is 120 cm³/mol. The lowest BCUT2D eigenvalue weighted by molar-refractivity contribution is -0.107. The van der Waals surface area contributed by atoms with E-state index in [0.717, 1.165) is 53.4 Å². The van der Waals surface area contributed by atoms with Crippen LogP contribution in [0.15, 0.2) is 36.8 Å². The van der Waals surface area contributed by atoms with Crippen LogP contribution in [-0.2, 0) is 22.5 Å². The van der Waals surface area contributed by atoms with Gasteiger partial charge in [-0.1, -0.05) is 12.1 Å². The van der Waals surface area contributed by atoms with E-state index in [-0.39, 0.29) is 0 Å². The quantitative estimate of drug-likeness (QED) is 0.422. The molecule has 7 nitrogen and oxygen atoms in total. The molecule has 0 atom stereocenters. The second kappa shape index (κ2) is 9.73. The van der Waals surface area contributed by atoms with Gasteiger partial charge in [-0.3, -0.25) is 0 Å². The third kappa shape index (κ3) is 6.13. The Morgan fingerprint density at radius 2 is 2.03 bits per heavy atom. The van der Waals surface area contributed by atoms with Crippen LogP contribution in [0.4, 0.5) is 4.79 Å².